The average molecular weight is 551 g/mol. The van der Waals surface area contributed by atoms with Crippen molar-refractivity contribution in [3.8, 4) is 0 Å². The Bertz CT molecular complexity index is 974. The van der Waals surface area contributed by atoms with Crippen LogP contribution in [-0.2, 0) is 12.8 Å². The molecule has 2 unspecified atom stereocenters. The van der Waals surface area contributed by atoms with Crippen LogP contribution in [0, 0.1) is 29.3 Å². The van der Waals surface area contributed by atoms with Crippen molar-refractivity contribution in [1.29, 1.82) is 0 Å². The molecule has 0 N–H and O–H groups in total. The lowest BCUT2D eigenvalue weighted by Crippen LogP contribution is -2.06. The Labute approximate surface area is 230 Å². The first-order chi connectivity index (χ1) is 18.9. The third-order valence-corrected chi connectivity index (χ3v) is 7.24. The van der Waals surface area contributed by atoms with Gasteiger partial charge in [0.25, 0.3) is 0 Å². The zero-order valence-corrected chi connectivity index (χ0v) is 23.4. The third kappa shape index (κ3) is 11.6. The van der Waals surface area contributed by atoms with Gasteiger partial charge in [-0.15, -0.1) is 0 Å². The fourth-order valence-electron chi connectivity index (χ4n) is 4.85. The van der Waals surface area contributed by atoms with Gasteiger partial charge in [0.05, 0.1) is 25.8 Å². The summed E-state index contributed by atoms with van der Waals surface area (Å²) in [5, 5.41) is 8.06. The standard InChI is InChI=1S/C32H43F5N2/c1-3-5-10-24(20-33)12-7-14-27-16-9-17-28(15-8-13-25(21-34)11-6-4-2)29(27)23-39-38-22-26-18-30(35)32(37)31(36)19-26/h9,16-19,22-25H,3-8,10-15,20-21H2,1-2H3. The minimum absolute atomic E-state index is 0.0609. The number of rotatable bonds is 19. The van der Waals surface area contributed by atoms with E-state index in [0.717, 1.165) is 106 Å². The molecule has 0 radical (unpaired) electrons. The van der Waals surface area contributed by atoms with Crippen LogP contribution in [0.15, 0.2) is 40.5 Å². The third-order valence-electron chi connectivity index (χ3n) is 7.24. The van der Waals surface area contributed by atoms with E-state index < -0.39 is 17.5 Å². The molecule has 2 aromatic carbocycles. The molecular weight excluding hydrogens is 507 g/mol. The molecule has 0 aromatic heterocycles. The molecule has 2 atom stereocenters. The molecule has 0 aliphatic carbocycles. The molecule has 0 saturated carbocycles. The summed E-state index contributed by atoms with van der Waals surface area (Å²) in [5.74, 6) is -3.95. The van der Waals surface area contributed by atoms with Gasteiger partial charge in [-0.05, 0) is 86.5 Å². The van der Waals surface area contributed by atoms with Gasteiger partial charge in [0.2, 0.25) is 0 Å². The summed E-state index contributed by atoms with van der Waals surface area (Å²) < 4.78 is 67.1. The summed E-state index contributed by atoms with van der Waals surface area (Å²) in [6.45, 7) is 3.61. The highest BCUT2D eigenvalue weighted by Crippen LogP contribution is 2.23. The largest absolute Gasteiger partial charge is 0.251 e. The second kappa shape index (κ2) is 18.7. The molecule has 0 saturated heterocycles. The van der Waals surface area contributed by atoms with Gasteiger partial charge in [-0.3, -0.25) is 8.78 Å². The van der Waals surface area contributed by atoms with E-state index in [9.17, 15) is 22.0 Å². The molecule has 0 spiro atoms. The number of benzene rings is 2. The molecule has 0 aliphatic heterocycles. The fourth-order valence-corrected chi connectivity index (χ4v) is 4.85. The van der Waals surface area contributed by atoms with E-state index in [1.54, 1.807) is 6.21 Å². The second-order valence-electron chi connectivity index (χ2n) is 10.4. The van der Waals surface area contributed by atoms with E-state index in [1.165, 1.54) is 6.21 Å². The van der Waals surface area contributed by atoms with E-state index in [-0.39, 0.29) is 30.7 Å². The Morgan fingerprint density at radius 3 is 1.62 bits per heavy atom. The van der Waals surface area contributed by atoms with E-state index in [0.29, 0.717) is 0 Å². The Kier molecular flexibility index (Phi) is 15.6. The van der Waals surface area contributed by atoms with Gasteiger partial charge in [0.15, 0.2) is 17.5 Å². The molecule has 216 valence electrons. The van der Waals surface area contributed by atoms with Crippen molar-refractivity contribution in [3.05, 3.63) is 70.0 Å². The first kappa shape index (κ1) is 32.6. The zero-order chi connectivity index (χ0) is 28.5. The molecule has 0 bridgehead atoms. The molecule has 0 aliphatic rings. The topological polar surface area (TPSA) is 24.7 Å². The number of halogens is 5. The highest BCUT2D eigenvalue weighted by Gasteiger charge is 2.13. The van der Waals surface area contributed by atoms with Crippen molar-refractivity contribution in [2.75, 3.05) is 13.3 Å². The maximum atomic E-state index is 13.5. The molecule has 2 nitrogen and oxygen atoms in total. The van der Waals surface area contributed by atoms with Crippen LogP contribution in [0.3, 0.4) is 0 Å². The molecule has 0 heterocycles. The maximum Gasteiger partial charge on any atom is 0.194 e. The first-order valence-corrected chi connectivity index (χ1v) is 14.4. The number of hydrogen-bond acceptors (Lipinski definition) is 2. The Morgan fingerprint density at radius 1 is 0.692 bits per heavy atom. The molecule has 39 heavy (non-hydrogen) atoms. The SMILES string of the molecule is CCCCC(CF)CCCc1cccc(CCCC(CF)CCCC)c1C=NN=Cc1cc(F)c(F)c(F)c1. The van der Waals surface area contributed by atoms with E-state index in [2.05, 4.69) is 24.1 Å². The molecule has 7 heteroatoms. The van der Waals surface area contributed by atoms with Crippen LogP contribution in [0.4, 0.5) is 22.0 Å². The normalized spacial score (nSPS) is 13.5. The van der Waals surface area contributed by atoms with E-state index >= 15 is 0 Å². The smallest absolute Gasteiger partial charge is 0.194 e. The number of alkyl halides is 2. The predicted molar refractivity (Wildman–Crippen MR) is 152 cm³/mol. The van der Waals surface area contributed by atoms with Gasteiger partial charge in [0.1, 0.15) is 0 Å². The van der Waals surface area contributed by atoms with Crippen LogP contribution in [0.1, 0.15) is 100 Å². The van der Waals surface area contributed by atoms with Crippen molar-refractivity contribution in [1.82, 2.24) is 0 Å². The van der Waals surface area contributed by atoms with Gasteiger partial charge < -0.3 is 0 Å². The Hall–Kier alpha value is -2.57. The van der Waals surface area contributed by atoms with Gasteiger partial charge >= 0.3 is 0 Å². The molecule has 2 rings (SSSR count). The fraction of sp³-hybridized carbons (Fsp3) is 0.562. The van der Waals surface area contributed by atoms with Crippen molar-refractivity contribution < 1.29 is 22.0 Å². The molecule has 2 aromatic rings. The van der Waals surface area contributed by atoms with Gasteiger partial charge in [-0.2, -0.15) is 10.2 Å². The van der Waals surface area contributed by atoms with Crippen molar-refractivity contribution in [2.24, 2.45) is 22.0 Å². The van der Waals surface area contributed by atoms with E-state index in [1.807, 2.05) is 18.2 Å². The number of hydrogen-bond donors (Lipinski definition) is 0. The first-order valence-electron chi connectivity index (χ1n) is 14.4. The highest BCUT2D eigenvalue weighted by molar-refractivity contribution is 5.85. The molecule has 0 fully saturated rings. The summed E-state index contributed by atoms with van der Waals surface area (Å²) in [6.07, 6.45) is 13.6. The lowest BCUT2D eigenvalue weighted by atomic mass is 9.90. The monoisotopic (exact) mass is 550 g/mol. The molecular formula is C32H43F5N2. The van der Waals surface area contributed by atoms with Crippen LogP contribution in [-0.4, -0.2) is 25.8 Å². The van der Waals surface area contributed by atoms with Crippen LogP contribution >= 0.6 is 0 Å². The van der Waals surface area contributed by atoms with Crippen LogP contribution < -0.4 is 0 Å². The van der Waals surface area contributed by atoms with Crippen molar-refractivity contribution >= 4 is 12.4 Å². The summed E-state index contributed by atoms with van der Waals surface area (Å²) in [5.41, 5.74) is 3.13. The minimum Gasteiger partial charge on any atom is -0.251 e. The summed E-state index contributed by atoms with van der Waals surface area (Å²) >= 11 is 0. The van der Waals surface area contributed by atoms with Crippen LogP contribution in [0.5, 0.6) is 0 Å². The summed E-state index contributed by atoms with van der Waals surface area (Å²) in [4.78, 5) is 0. The summed E-state index contributed by atoms with van der Waals surface area (Å²) in [7, 11) is 0. The zero-order valence-electron chi connectivity index (χ0n) is 23.4. The van der Waals surface area contributed by atoms with Crippen LogP contribution in [0.25, 0.3) is 0 Å². The van der Waals surface area contributed by atoms with Crippen molar-refractivity contribution in [3.63, 3.8) is 0 Å². The van der Waals surface area contributed by atoms with Crippen molar-refractivity contribution in [2.45, 2.75) is 90.9 Å². The quantitative estimate of drug-likeness (QED) is 0.0720. The number of unbranched alkanes of at least 4 members (excludes halogenated alkanes) is 2. The second-order valence-corrected chi connectivity index (χ2v) is 10.4. The predicted octanol–water partition coefficient (Wildman–Crippen LogP) is 9.75. The van der Waals surface area contributed by atoms with E-state index in [4.69, 9.17) is 0 Å². The minimum atomic E-state index is -1.52. The van der Waals surface area contributed by atoms with Gasteiger partial charge in [-0.1, -0.05) is 57.7 Å². The Balaban J connectivity index is 2.18. The lowest BCUT2D eigenvalue weighted by molar-refractivity contribution is 0.314. The number of nitrogens with zero attached hydrogens (tertiary/aromatic N) is 2. The van der Waals surface area contributed by atoms with Gasteiger partial charge in [0, 0.05) is 11.1 Å². The van der Waals surface area contributed by atoms with Gasteiger partial charge in [-0.25, -0.2) is 13.2 Å². The Morgan fingerprint density at radius 2 is 1.15 bits per heavy atom. The average Bonchev–Trinajstić information content (AvgIpc) is 2.94. The summed E-state index contributed by atoms with van der Waals surface area (Å²) in [6, 6.07) is 7.78. The maximum absolute atomic E-state index is 13.5. The highest BCUT2D eigenvalue weighted by atomic mass is 19.2. The number of aryl methyl sites for hydroxylation is 2. The molecule has 0 amide bonds. The lowest BCUT2D eigenvalue weighted by Gasteiger charge is -2.16. The van der Waals surface area contributed by atoms with Crippen LogP contribution in [0.2, 0.25) is 0 Å².